The summed E-state index contributed by atoms with van der Waals surface area (Å²) >= 11 is 0. The van der Waals surface area contributed by atoms with Gasteiger partial charge in [0.2, 0.25) is 0 Å². The zero-order valence-corrected chi connectivity index (χ0v) is 15.5. The fourth-order valence-electron chi connectivity index (χ4n) is 3.40. The molecule has 7 nitrogen and oxygen atoms in total. The highest BCUT2D eigenvalue weighted by Gasteiger charge is 2.51. The number of aromatic hydroxyl groups is 1. The molecular formula is C22H20O7. The summed E-state index contributed by atoms with van der Waals surface area (Å²) in [5, 5.41) is 9.80. The third kappa shape index (κ3) is 4.01. The summed E-state index contributed by atoms with van der Waals surface area (Å²) < 4.78 is 22.4. The molecule has 2 heterocycles. The van der Waals surface area contributed by atoms with Crippen molar-refractivity contribution in [3.63, 3.8) is 0 Å². The predicted molar refractivity (Wildman–Crippen MR) is 102 cm³/mol. The fraction of sp³-hybridized carbons (Fsp3) is 0.273. The summed E-state index contributed by atoms with van der Waals surface area (Å²) in [4.78, 5) is 24.8. The van der Waals surface area contributed by atoms with Crippen LogP contribution in [0.25, 0.3) is 0 Å². The third-order valence-corrected chi connectivity index (χ3v) is 4.90. The van der Waals surface area contributed by atoms with Crippen molar-refractivity contribution in [2.24, 2.45) is 0 Å². The number of hydrogen-bond donors (Lipinski definition) is 1. The molecule has 1 aromatic rings. The number of hydrogen-bond acceptors (Lipinski definition) is 7. The van der Waals surface area contributed by atoms with Crippen LogP contribution in [0.2, 0.25) is 0 Å². The maximum Gasteiger partial charge on any atom is 0.342 e. The van der Waals surface area contributed by atoms with Crippen molar-refractivity contribution >= 4 is 11.9 Å². The summed E-state index contributed by atoms with van der Waals surface area (Å²) in [5.74, 6) is -1.32. The van der Waals surface area contributed by atoms with E-state index >= 15 is 0 Å². The van der Waals surface area contributed by atoms with Gasteiger partial charge in [0, 0.05) is 0 Å². The molecule has 0 aromatic heterocycles. The summed E-state index contributed by atoms with van der Waals surface area (Å²) in [6.07, 6.45) is 6.21. The van der Waals surface area contributed by atoms with Gasteiger partial charge in [0.25, 0.3) is 0 Å². The molecule has 0 spiro atoms. The lowest BCUT2D eigenvalue weighted by Gasteiger charge is -2.17. The summed E-state index contributed by atoms with van der Waals surface area (Å²) in [5.41, 5.74) is 1.24. The maximum absolute atomic E-state index is 12.5. The normalized spacial score (nSPS) is 27.9. The molecule has 0 bridgehead atoms. The van der Waals surface area contributed by atoms with Gasteiger partial charge in [-0.05, 0) is 29.9 Å². The van der Waals surface area contributed by atoms with Gasteiger partial charge < -0.3 is 24.1 Å². The van der Waals surface area contributed by atoms with E-state index in [0.717, 1.165) is 5.57 Å². The van der Waals surface area contributed by atoms with E-state index < -0.39 is 36.4 Å². The molecule has 2 fully saturated rings. The van der Waals surface area contributed by atoms with Crippen molar-refractivity contribution in [2.75, 3.05) is 13.2 Å². The largest absolute Gasteiger partial charge is 0.507 e. The Morgan fingerprint density at radius 1 is 0.966 bits per heavy atom. The van der Waals surface area contributed by atoms with Gasteiger partial charge in [0.05, 0.1) is 18.8 Å². The first-order valence-corrected chi connectivity index (χ1v) is 9.21. The number of rotatable bonds is 4. The zero-order chi connectivity index (χ0) is 20.4. The second-order valence-corrected chi connectivity index (χ2v) is 6.89. The van der Waals surface area contributed by atoms with Gasteiger partial charge >= 0.3 is 11.9 Å². The van der Waals surface area contributed by atoms with Crippen LogP contribution in [0.5, 0.6) is 5.75 Å². The number of esters is 2. The van der Waals surface area contributed by atoms with Crippen LogP contribution in [0.3, 0.4) is 0 Å². The Kier molecular flexibility index (Phi) is 5.33. The van der Waals surface area contributed by atoms with Gasteiger partial charge in [-0.25, -0.2) is 9.59 Å². The highest BCUT2D eigenvalue weighted by atomic mass is 16.7. The van der Waals surface area contributed by atoms with Gasteiger partial charge in [-0.3, -0.25) is 0 Å². The molecule has 150 valence electrons. The molecule has 0 amide bonds. The number of para-hydroxylation sites is 1. The molecule has 4 unspecified atom stereocenters. The van der Waals surface area contributed by atoms with Crippen LogP contribution in [0.1, 0.15) is 10.4 Å². The van der Waals surface area contributed by atoms with Crippen LogP contribution in [-0.2, 0) is 23.7 Å². The standard InChI is InChI=1S/C22H20O7/c1-13-5-4-6-14(10-9-13)21(24)28-17-11-26-20-18(12-27-19(17)20)29-22(25)15-7-2-3-8-16(15)23/h2-10,17-20,23H,1,11-12H2. The van der Waals surface area contributed by atoms with Crippen LogP contribution < -0.4 is 0 Å². The molecule has 1 N–H and O–H groups in total. The smallest absolute Gasteiger partial charge is 0.342 e. The van der Waals surface area contributed by atoms with Gasteiger partial charge in [-0.15, -0.1) is 0 Å². The van der Waals surface area contributed by atoms with Crippen molar-refractivity contribution in [2.45, 2.75) is 24.4 Å². The van der Waals surface area contributed by atoms with E-state index in [0.29, 0.717) is 5.57 Å². The summed E-state index contributed by atoms with van der Waals surface area (Å²) in [6, 6.07) is 6.13. The van der Waals surface area contributed by atoms with E-state index in [2.05, 4.69) is 6.58 Å². The first-order valence-electron chi connectivity index (χ1n) is 9.21. The van der Waals surface area contributed by atoms with Crippen LogP contribution in [0.15, 0.2) is 72.4 Å². The fourth-order valence-corrected chi connectivity index (χ4v) is 3.40. The minimum atomic E-state index is -0.665. The predicted octanol–water partition coefficient (Wildman–Crippen LogP) is 2.24. The minimum absolute atomic E-state index is 0.0682. The molecule has 7 heteroatoms. The number of ether oxygens (including phenoxy) is 4. The van der Waals surface area contributed by atoms with Crippen molar-refractivity contribution in [1.29, 1.82) is 0 Å². The van der Waals surface area contributed by atoms with Crippen LogP contribution >= 0.6 is 0 Å². The van der Waals surface area contributed by atoms with Crippen molar-refractivity contribution in [1.82, 2.24) is 0 Å². The Balaban J connectivity index is 1.37. The van der Waals surface area contributed by atoms with E-state index in [4.69, 9.17) is 18.9 Å². The average molecular weight is 396 g/mol. The Labute approximate surface area is 167 Å². The number of carbonyl (C=O) groups is 2. The van der Waals surface area contributed by atoms with Gasteiger partial charge in [-0.1, -0.05) is 36.9 Å². The Morgan fingerprint density at radius 2 is 1.62 bits per heavy atom. The Hall–Kier alpha value is -3.16. The quantitative estimate of drug-likeness (QED) is 0.781. The number of benzene rings is 1. The van der Waals surface area contributed by atoms with Gasteiger partial charge in [0.15, 0.2) is 12.2 Å². The third-order valence-electron chi connectivity index (χ3n) is 4.90. The molecule has 1 aromatic carbocycles. The van der Waals surface area contributed by atoms with Gasteiger partial charge in [-0.2, -0.15) is 0 Å². The molecule has 4 rings (SSSR count). The summed E-state index contributed by atoms with van der Waals surface area (Å²) in [6.45, 7) is 4.08. The topological polar surface area (TPSA) is 91.3 Å². The SMILES string of the molecule is C=C1C=CC=C(C(=O)OC2COC3C(OC(=O)c4ccccc4O)COC23)C=C1. The molecule has 2 aliphatic heterocycles. The van der Waals surface area contributed by atoms with Crippen LogP contribution in [-0.4, -0.2) is 54.7 Å². The number of allylic oxidation sites excluding steroid dienone is 5. The number of phenolic OH excluding ortho intramolecular Hbond substituents is 1. The van der Waals surface area contributed by atoms with E-state index in [-0.39, 0.29) is 24.5 Å². The first kappa shape index (κ1) is 19.2. The highest BCUT2D eigenvalue weighted by Crippen LogP contribution is 2.32. The molecule has 0 radical (unpaired) electrons. The number of carbonyl (C=O) groups excluding carboxylic acids is 2. The first-order chi connectivity index (χ1) is 14.0. The van der Waals surface area contributed by atoms with E-state index in [1.807, 2.05) is 0 Å². The minimum Gasteiger partial charge on any atom is -0.507 e. The molecular weight excluding hydrogens is 376 g/mol. The number of phenols is 1. The molecule has 0 saturated carbocycles. The van der Waals surface area contributed by atoms with Crippen molar-refractivity contribution in [3.05, 3.63) is 77.9 Å². The Morgan fingerprint density at radius 3 is 2.31 bits per heavy atom. The molecule has 29 heavy (non-hydrogen) atoms. The average Bonchev–Trinajstić information content (AvgIpc) is 3.20. The van der Waals surface area contributed by atoms with Crippen molar-refractivity contribution < 1.29 is 33.6 Å². The van der Waals surface area contributed by atoms with E-state index in [1.165, 1.54) is 12.1 Å². The lowest BCUT2D eigenvalue weighted by molar-refractivity contribution is -0.148. The maximum atomic E-state index is 12.5. The lowest BCUT2D eigenvalue weighted by atomic mass is 10.1. The molecule has 3 aliphatic rings. The second kappa shape index (κ2) is 8.06. The van der Waals surface area contributed by atoms with Crippen molar-refractivity contribution in [3.8, 4) is 5.75 Å². The highest BCUT2D eigenvalue weighted by molar-refractivity contribution is 5.93. The Bertz CT molecular complexity index is 927. The monoisotopic (exact) mass is 396 g/mol. The molecule has 4 atom stereocenters. The summed E-state index contributed by atoms with van der Waals surface area (Å²) in [7, 11) is 0. The lowest BCUT2D eigenvalue weighted by Crippen LogP contribution is -2.36. The number of fused-ring (bicyclic) bond motifs is 1. The van der Waals surface area contributed by atoms with E-state index in [9.17, 15) is 14.7 Å². The second-order valence-electron chi connectivity index (χ2n) is 6.89. The van der Waals surface area contributed by atoms with E-state index in [1.54, 1.807) is 42.5 Å². The van der Waals surface area contributed by atoms with Crippen LogP contribution in [0.4, 0.5) is 0 Å². The van der Waals surface area contributed by atoms with Crippen LogP contribution in [0, 0.1) is 0 Å². The zero-order valence-electron chi connectivity index (χ0n) is 15.5. The molecule has 2 saturated heterocycles. The molecule has 1 aliphatic carbocycles. The van der Waals surface area contributed by atoms with Gasteiger partial charge in [0.1, 0.15) is 23.5 Å².